The summed E-state index contributed by atoms with van der Waals surface area (Å²) < 4.78 is 5.91. The van der Waals surface area contributed by atoms with E-state index in [0.717, 1.165) is 5.56 Å². The summed E-state index contributed by atoms with van der Waals surface area (Å²) in [4.78, 5) is 11.9. The van der Waals surface area contributed by atoms with Crippen molar-refractivity contribution in [2.75, 3.05) is 0 Å². The van der Waals surface area contributed by atoms with Gasteiger partial charge >= 0.3 is 5.97 Å². The van der Waals surface area contributed by atoms with Crippen LogP contribution in [0.25, 0.3) is 0 Å². The number of ether oxygens (including phenoxy) is 1. The van der Waals surface area contributed by atoms with Gasteiger partial charge in [0.05, 0.1) is 0 Å². The number of carboxylic acid groups (broad SMARTS) is 1. The lowest BCUT2D eigenvalue weighted by Crippen LogP contribution is -2.46. The van der Waals surface area contributed by atoms with E-state index in [0.29, 0.717) is 16.7 Å². The predicted molar refractivity (Wildman–Crippen MR) is 97.1 cm³/mol. The van der Waals surface area contributed by atoms with Crippen molar-refractivity contribution in [2.45, 2.75) is 45.1 Å². The molecule has 0 amide bonds. The molecule has 0 saturated heterocycles. The van der Waals surface area contributed by atoms with Crippen LogP contribution in [0.4, 0.5) is 0 Å². The summed E-state index contributed by atoms with van der Waals surface area (Å²) in [5.74, 6) is -0.391. The maximum atomic E-state index is 11.9. The zero-order chi connectivity index (χ0) is 17.9. The van der Waals surface area contributed by atoms with Crippen LogP contribution in [-0.4, -0.2) is 16.7 Å². The van der Waals surface area contributed by atoms with Crippen molar-refractivity contribution in [2.24, 2.45) is 0 Å². The molecule has 0 heterocycles. The largest absolute Gasteiger partial charge is 0.478 e. The summed E-state index contributed by atoms with van der Waals surface area (Å²) >= 11 is 5.92. The minimum Gasteiger partial charge on any atom is -0.478 e. The third-order valence-corrected chi connectivity index (χ3v) is 4.75. The van der Waals surface area contributed by atoms with E-state index in [9.17, 15) is 9.90 Å². The normalized spacial score (nSPS) is 14.9. The van der Waals surface area contributed by atoms with E-state index < -0.39 is 11.6 Å². The standard InChI is InChI=1S/C20H23ClO3/c1-13(2)15-7-11-18(12-8-15)24-20(4,19(22)23)14(3)16-5-9-17(21)10-6-16/h5-14H,1-4H3,(H,22,23)/t14-,20-/m0/s1. The van der Waals surface area contributed by atoms with Gasteiger partial charge in [-0.3, -0.25) is 0 Å². The Hall–Kier alpha value is -2.00. The number of halogens is 1. The molecule has 0 aliphatic carbocycles. The Morgan fingerprint density at radius 2 is 1.50 bits per heavy atom. The van der Waals surface area contributed by atoms with Gasteiger partial charge < -0.3 is 9.84 Å². The number of carboxylic acids is 1. The first-order chi connectivity index (χ1) is 11.2. The molecule has 0 fully saturated rings. The van der Waals surface area contributed by atoms with Crippen LogP contribution in [0.1, 0.15) is 50.7 Å². The van der Waals surface area contributed by atoms with Gasteiger partial charge in [0.25, 0.3) is 0 Å². The molecule has 24 heavy (non-hydrogen) atoms. The van der Waals surface area contributed by atoms with Crippen molar-refractivity contribution >= 4 is 17.6 Å². The molecule has 3 nitrogen and oxygen atoms in total. The van der Waals surface area contributed by atoms with Gasteiger partial charge in [0.1, 0.15) is 5.75 Å². The molecule has 0 aliphatic heterocycles. The zero-order valence-electron chi connectivity index (χ0n) is 14.4. The maximum absolute atomic E-state index is 11.9. The van der Waals surface area contributed by atoms with Gasteiger partial charge in [-0.15, -0.1) is 0 Å². The van der Waals surface area contributed by atoms with Crippen LogP contribution < -0.4 is 4.74 Å². The summed E-state index contributed by atoms with van der Waals surface area (Å²) in [5, 5.41) is 10.4. The fourth-order valence-electron chi connectivity index (χ4n) is 2.55. The van der Waals surface area contributed by atoms with Crippen LogP contribution in [0.2, 0.25) is 5.02 Å². The summed E-state index contributed by atoms with van der Waals surface area (Å²) in [6.07, 6.45) is 0. The topological polar surface area (TPSA) is 46.5 Å². The van der Waals surface area contributed by atoms with Gasteiger partial charge in [-0.1, -0.05) is 56.6 Å². The minimum absolute atomic E-state index is 0.350. The lowest BCUT2D eigenvalue weighted by molar-refractivity contribution is -0.155. The molecule has 0 bridgehead atoms. The summed E-state index contributed by atoms with van der Waals surface area (Å²) in [6.45, 7) is 7.67. The van der Waals surface area contributed by atoms with Crippen molar-refractivity contribution in [3.05, 3.63) is 64.7 Å². The number of rotatable bonds is 6. The van der Waals surface area contributed by atoms with E-state index in [1.54, 1.807) is 19.1 Å². The average Bonchev–Trinajstić information content (AvgIpc) is 2.55. The van der Waals surface area contributed by atoms with E-state index in [1.807, 2.05) is 43.3 Å². The number of aliphatic carboxylic acids is 1. The predicted octanol–water partition coefficient (Wildman–Crippen LogP) is 5.49. The molecule has 2 aromatic rings. The summed E-state index contributed by atoms with van der Waals surface area (Å²) in [6, 6.07) is 14.8. The van der Waals surface area contributed by atoms with Gasteiger partial charge in [0.2, 0.25) is 5.60 Å². The molecule has 2 atom stereocenters. The smallest absolute Gasteiger partial charge is 0.348 e. The van der Waals surface area contributed by atoms with Crippen LogP contribution in [0.5, 0.6) is 5.75 Å². The Labute approximate surface area is 148 Å². The summed E-state index contributed by atoms with van der Waals surface area (Å²) in [5.41, 5.74) is 0.668. The van der Waals surface area contributed by atoms with Crippen LogP contribution in [-0.2, 0) is 4.79 Å². The van der Waals surface area contributed by atoms with Crippen molar-refractivity contribution in [3.8, 4) is 5.75 Å². The highest BCUT2D eigenvalue weighted by molar-refractivity contribution is 6.30. The van der Waals surface area contributed by atoms with Gasteiger partial charge in [-0.05, 0) is 48.2 Å². The van der Waals surface area contributed by atoms with E-state index in [2.05, 4.69) is 13.8 Å². The Kier molecular flexibility index (Phi) is 5.55. The molecule has 128 valence electrons. The minimum atomic E-state index is -1.38. The van der Waals surface area contributed by atoms with E-state index in [4.69, 9.17) is 16.3 Å². The van der Waals surface area contributed by atoms with Crippen LogP contribution in [0.3, 0.4) is 0 Å². The molecule has 0 radical (unpaired) electrons. The second kappa shape index (κ2) is 7.27. The second-order valence-corrected chi connectivity index (χ2v) is 6.95. The number of hydrogen-bond acceptors (Lipinski definition) is 2. The van der Waals surface area contributed by atoms with Crippen LogP contribution in [0.15, 0.2) is 48.5 Å². The van der Waals surface area contributed by atoms with Crippen molar-refractivity contribution in [1.82, 2.24) is 0 Å². The van der Waals surface area contributed by atoms with Gasteiger partial charge in [-0.25, -0.2) is 4.79 Å². The third-order valence-electron chi connectivity index (χ3n) is 4.50. The molecule has 2 aromatic carbocycles. The first-order valence-corrected chi connectivity index (χ1v) is 8.39. The monoisotopic (exact) mass is 346 g/mol. The molecular weight excluding hydrogens is 324 g/mol. The second-order valence-electron chi connectivity index (χ2n) is 6.51. The molecule has 4 heteroatoms. The molecule has 0 aromatic heterocycles. The molecule has 0 saturated carbocycles. The Balaban J connectivity index is 2.29. The van der Waals surface area contributed by atoms with E-state index in [-0.39, 0.29) is 5.92 Å². The van der Waals surface area contributed by atoms with Crippen LogP contribution >= 0.6 is 11.6 Å². The highest BCUT2D eigenvalue weighted by Crippen LogP contribution is 2.34. The Morgan fingerprint density at radius 1 is 1.00 bits per heavy atom. The van der Waals surface area contributed by atoms with Crippen molar-refractivity contribution in [1.29, 1.82) is 0 Å². The lowest BCUT2D eigenvalue weighted by atomic mass is 9.84. The molecule has 2 rings (SSSR count). The van der Waals surface area contributed by atoms with Gasteiger partial charge in [-0.2, -0.15) is 0 Å². The van der Waals surface area contributed by atoms with E-state index >= 15 is 0 Å². The SMILES string of the molecule is CC(C)c1ccc(O[C@](C)(C(=O)O)[C@@H](C)c2ccc(Cl)cc2)cc1. The molecule has 1 N–H and O–H groups in total. The molecular formula is C20H23ClO3. The fourth-order valence-corrected chi connectivity index (χ4v) is 2.68. The Bertz CT molecular complexity index is 692. The first-order valence-electron chi connectivity index (χ1n) is 8.02. The highest BCUT2D eigenvalue weighted by atomic mass is 35.5. The molecule has 0 spiro atoms. The number of benzene rings is 2. The quantitative estimate of drug-likeness (QED) is 0.752. The lowest BCUT2D eigenvalue weighted by Gasteiger charge is -2.32. The fraction of sp³-hybridized carbons (Fsp3) is 0.350. The first kappa shape index (κ1) is 18.3. The highest BCUT2D eigenvalue weighted by Gasteiger charge is 2.42. The Morgan fingerprint density at radius 3 is 1.96 bits per heavy atom. The average molecular weight is 347 g/mol. The van der Waals surface area contributed by atoms with Gasteiger partial charge in [0.15, 0.2) is 0 Å². The molecule has 0 unspecified atom stereocenters. The maximum Gasteiger partial charge on any atom is 0.348 e. The van der Waals surface area contributed by atoms with Crippen molar-refractivity contribution in [3.63, 3.8) is 0 Å². The van der Waals surface area contributed by atoms with Gasteiger partial charge in [0, 0.05) is 10.9 Å². The summed E-state index contributed by atoms with van der Waals surface area (Å²) in [7, 11) is 0. The van der Waals surface area contributed by atoms with Crippen molar-refractivity contribution < 1.29 is 14.6 Å². The van der Waals surface area contributed by atoms with Crippen LogP contribution in [0, 0.1) is 0 Å². The molecule has 0 aliphatic rings. The third kappa shape index (κ3) is 3.90. The number of hydrogen-bond donors (Lipinski definition) is 1. The van der Waals surface area contributed by atoms with E-state index in [1.165, 1.54) is 5.56 Å². The number of carbonyl (C=O) groups is 1. The zero-order valence-corrected chi connectivity index (χ0v) is 15.2.